The molecule has 0 amide bonds. The van der Waals surface area contributed by atoms with Gasteiger partial charge < -0.3 is 0 Å². The molecule has 1 aromatic carbocycles. The Labute approximate surface area is 129 Å². The van der Waals surface area contributed by atoms with Crippen molar-refractivity contribution in [2.45, 2.75) is 24.3 Å². The molecule has 0 aliphatic heterocycles. The standard InChI is InChI=1S/C12H12BrFN2O2S2/c1-12(2,11-15-5-6-19-11)16-20(17,18)8-3-4-9(13)10(14)7-8/h3-7,16H,1-2H3. The SMILES string of the molecule is CC(C)(NS(=O)(=O)c1ccc(Br)c(F)c1)c1nccs1. The second-order valence-corrected chi connectivity index (χ2v) is 8.07. The molecule has 1 heterocycles. The highest BCUT2D eigenvalue weighted by atomic mass is 79.9. The summed E-state index contributed by atoms with van der Waals surface area (Å²) in [5.74, 6) is -0.625. The first-order valence-electron chi connectivity index (χ1n) is 5.61. The van der Waals surface area contributed by atoms with Crippen molar-refractivity contribution in [1.82, 2.24) is 9.71 Å². The zero-order valence-corrected chi connectivity index (χ0v) is 13.9. The first-order chi connectivity index (χ1) is 9.22. The van der Waals surface area contributed by atoms with Gasteiger partial charge in [-0.15, -0.1) is 11.3 Å². The Balaban J connectivity index is 2.34. The Bertz CT molecular complexity index is 715. The molecule has 0 radical (unpaired) electrons. The summed E-state index contributed by atoms with van der Waals surface area (Å²) in [6.07, 6.45) is 1.61. The highest BCUT2D eigenvalue weighted by molar-refractivity contribution is 9.10. The summed E-state index contributed by atoms with van der Waals surface area (Å²) in [5, 5.41) is 2.41. The summed E-state index contributed by atoms with van der Waals surface area (Å²) in [6, 6.07) is 3.68. The number of thiazole rings is 1. The summed E-state index contributed by atoms with van der Waals surface area (Å²) in [4.78, 5) is 3.99. The Hall–Kier alpha value is -0.830. The normalized spacial score (nSPS) is 12.6. The van der Waals surface area contributed by atoms with E-state index in [9.17, 15) is 12.8 Å². The lowest BCUT2D eigenvalue weighted by Crippen LogP contribution is -2.40. The van der Waals surface area contributed by atoms with Gasteiger partial charge in [0.25, 0.3) is 0 Å². The molecular formula is C12H12BrFN2O2S2. The summed E-state index contributed by atoms with van der Waals surface area (Å²) in [7, 11) is -3.83. The van der Waals surface area contributed by atoms with Crippen LogP contribution in [-0.4, -0.2) is 13.4 Å². The Morgan fingerprint density at radius 2 is 2.10 bits per heavy atom. The molecule has 0 bridgehead atoms. The fraction of sp³-hybridized carbons (Fsp3) is 0.250. The molecule has 0 saturated carbocycles. The van der Waals surface area contributed by atoms with Crippen molar-refractivity contribution in [3.8, 4) is 0 Å². The minimum atomic E-state index is -3.83. The number of rotatable bonds is 4. The van der Waals surface area contributed by atoms with E-state index in [0.717, 1.165) is 6.07 Å². The first kappa shape index (κ1) is 15.6. The molecule has 0 saturated heterocycles. The molecule has 2 aromatic rings. The topological polar surface area (TPSA) is 59.1 Å². The van der Waals surface area contributed by atoms with Gasteiger partial charge in [-0.2, -0.15) is 4.72 Å². The fourth-order valence-electron chi connectivity index (χ4n) is 1.61. The molecule has 1 N–H and O–H groups in total. The second kappa shape index (κ2) is 5.51. The van der Waals surface area contributed by atoms with E-state index < -0.39 is 21.4 Å². The van der Waals surface area contributed by atoms with Gasteiger partial charge in [0.1, 0.15) is 10.8 Å². The first-order valence-corrected chi connectivity index (χ1v) is 8.77. The van der Waals surface area contributed by atoms with Gasteiger partial charge in [0, 0.05) is 11.6 Å². The molecule has 1 aromatic heterocycles. The van der Waals surface area contributed by atoms with E-state index in [0.29, 0.717) is 5.01 Å². The van der Waals surface area contributed by atoms with Crippen LogP contribution in [0.1, 0.15) is 18.9 Å². The molecule has 0 aliphatic carbocycles. The van der Waals surface area contributed by atoms with Crippen molar-refractivity contribution in [3.63, 3.8) is 0 Å². The van der Waals surface area contributed by atoms with Crippen molar-refractivity contribution in [1.29, 1.82) is 0 Å². The quantitative estimate of drug-likeness (QED) is 0.887. The van der Waals surface area contributed by atoms with Crippen LogP contribution in [0.3, 0.4) is 0 Å². The Morgan fingerprint density at radius 1 is 1.40 bits per heavy atom. The third-order valence-corrected chi connectivity index (χ3v) is 5.95. The molecular weight excluding hydrogens is 367 g/mol. The van der Waals surface area contributed by atoms with Gasteiger partial charge in [-0.05, 0) is 48.0 Å². The maximum absolute atomic E-state index is 13.5. The van der Waals surface area contributed by atoms with Gasteiger partial charge in [-0.25, -0.2) is 17.8 Å². The van der Waals surface area contributed by atoms with Crippen LogP contribution >= 0.6 is 27.3 Å². The number of benzene rings is 1. The monoisotopic (exact) mass is 378 g/mol. The number of nitrogens with zero attached hydrogens (tertiary/aromatic N) is 1. The average Bonchev–Trinajstić information content (AvgIpc) is 2.85. The zero-order chi connectivity index (χ0) is 15.0. The number of hydrogen-bond donors (Lipinski definition) is 1. The lowest BCUT2D eigenvalue weighted by atomic mass is 10.1. The lowest BCUT2D eigenvalue weighted by molar-refractivity contribution is 0.469. The van der Waals surface area contributed by atoms with Crippen LogP contribution in [0.5, 0.6) is 0 Å². The van der Waals surface area contributed by atoms with Crippen molar-refractivity contribution in [2.75, 3.05) is 0 Å². The van der Waals surface area contributed by atoms with Crippen LogP contribution in [0.25, 0.3) is 0 Å². The predicted molar refractivity (Wildman–Crippen MR) is 79.6 cm³/mol. The predicted octanol–water partition coefficient (Wildman–Crippen LogP) is 3.26. The van der Waals surface area contributed by atoms with E-state index >= 15 is 0 Å². The van der Waals surface area contributed by atoms with Gasteiger partial charge in [0.15, 0.2) is 0 Å². The molecule has 2 rings (SSSR count). The molecule has 0 aliphatic rings. The van der Waals surface area contributed by atoms with E-state index in [-0.39, 0.29) is 9.37 Å². The van der Waals surface area contributed by atoms with Crippen LogP contribution in [0.15, 0.2) is 39.1 Å². The second-order valence-electron chi connectivity index (χ2n) is 4.64. The summed E-state index contributed by atoms with van der Waals surface area (Å²) in [5.41, 5.74) is -0.865. The highest BCUT2D eigenvalue weighted by Gasteiger charge is 2.30. The van der Waals surface area contributed by atoms with E-state index in [2.05, 4.69) is 25.6 Å². The van der Waals surface area contributed by atoms with Crippen LogP contribution in [-0.2, 0) is 15.6 Å². The van der Waals surface area contributed by atoms with Gasteiger partial charge in [0.05, 0.1) is 14.9 Å². The molecule has 0 fully saturated rings. The van der Waals surface area contributed by atoms with Crippen molar-refractivity contribution < 1.29 is 12.8 Å². The average molecular weight is 379 g/mol. The summed E-state index contributed by atoms with van der Waals surface area (Å²) >= 11 is 4.34. The smallest absolute Gasteiger partial charge is 0.241 e. The van der Waals surface area contributed by atoms with Crippen molar-refractivity contribution in [2.24, 2.45) is 0 Å². The van der Waals surface area contributed by atoms with Crippen LogP contribution in [0.2, 0.25) is 0 Å². The molecule has 0 atom stereocenters. The molecule has 4 nitrogen and oxygen atoms in total. The summed E-state index contributed by atoms with van der Waals surface area (Å²) < 4.78 is 40.8. The molecule has 20 heavy (non-hydrogen) atoms. The maximum atomic E-state index is 13.5. The number of halogens is 2. The molecule has 0 unspecified atom stereocenters. The Morgan fingerprint density at radius 3 is 2.65 bits per heavy atom. The molecule has 8 heteroatoms. The molecule has 0 spiro atoms. The minimum absolute atomic E-state index is 0.122. The van der Waals surface area contributed by atoms with E-state index in [4.69, 9.17) is 0 Å². The largest absolute Gasteiger partial charge is 0.248 e. The van der Waals surface area contributed by atoms with Gasteiger partial charge in [-0.1, -0.05) is 0 Å². The van der Waals surface area contributed by atoms with Crippen LogP contribution in [0, 0.1) is 5.82 Å². The van der Waals surface area contributed by atoms with Crippen molar-refractivity contribution >= 4 is 37.3 Å². The summed E-state index contributed by atoms with van der Waals surface area (Å²) in [6.45, 7) is 3.41. The number of sulfonamides is 1. The van der Waals surface area contributed by atoms with Crippen molar-refractivity contribution in [3.05, 3.63) is 45.1 Å². The van der Waals surface area contributed by atoms with Gasteiger partial charge >= 0.3 is 0 Å². The molecule has 108 valence electrons. The van der Waals surface area contributed by atoms with E-state index in [1.54, 1.807) is 25.4 Å². The number of hydrogen-bond acceptors (Lipinski definition) is 4. The number of aromatic nitrogens is 1. The van der Waals surface area contributed by atoms with Gasteiger partial charge in [-0.3, -0.25) is 0 Å². The lowest BCUT2D eigenvalue weighted by Gasteiger charge is -2.23. The zero-order valence-electron chi connectivity index (χ0n) is 10.7. The van der Waals surface area contributed by atoms with Crippen LogP contribution < -0.4 is 4.72 Å². The van der Waals surface area contributed by atoms with Gasteiger partial charge in [0.2, 0.25) is 10.0 Å². The fourth-order valence-corrected chi connectivity index (χ4v) is 4.04. The third-order valence-electron chi connectivity index (χ3n) is 2.56. The maximum Gasteiger partial charge on any atom is 0.241 e. The number of nitrogens with one attached hydrogen (secondary N) is 1. The highest BCUT2D eigenvalue weighted by Crippen LogP contribution is 2.26. The van der Waals surface area contributed by atoms with E-state index in [1.165, 1.54) is 23.5 Å². The van der Waals surface area contributed by atoms with E-state index in [1.807, 2.05) is 0 Å². The third kappa shape index (κ3) is 3.25. The Kier molecular flexibility index (Phi) is 4.29. The van der Waals surface area contributed by atoms with Crippen LogP contribution in [0.4, 0.5) is 4.39 Å². The minimum Gasteiger partial charge on any atom is -0.248 e.